The first kappa shape index (κ1) is 21.9. The monoisotopic (exact) mass is 401 g/mol. The summed E-state index contributed by atoms with van der Waals surface area (Å²) in [4.78, 5) is 9.61. The summed E-state index contributed by atoms with van der Waals surface area (Å²) in [5.74, 6) is 1.67. The van der Waals surface area contributed by atoms with E-state index in [4.69, 9.17) is 9.73 Å². The van der Waals surface area contributed by atoms with Gasteiger partial charge in [0, 0.05) is 58.6 Å². The van der Waals surface area contributed by atoms with Gasteiger partial charge < -0.3 is 25.2 Å². The zero-order valence-corrected chi connectivity index (χ0v) is 18.7. The van der Waals surface area contributed by atoms with Crippen LogP contribution in [0.1, 0.15) is 37.3 Å². The van der Waals surface area contributed by atoms with Crippen LogP contribution in [0.5, 0.6) is 0 Å². The minimum absolute atomic E-state index is 0.501. The van der Waals surface area contributed by atoms with Crippen LogP contribution in [-0.2, 0) is 11.3 Å². The number of hydrogen-bond donors (Lipinski definition) is 2. The second-order valence-corrected chi connectivity index (χ2v) is 8.65. The molecule has 2 fully saturated rings. The highest BCUT2D eigenvalue weighted by molar-refractivity contribution is 5.80. The number of benzene rings is 1. The van der Waals surface area contributed by atoms with E-state index in [-0.39, 0.29) is 0 Å². The van der Waals surface area contributed by atoms with Gasteiger partial charge in [-0.3, -0.25) is 0 Å². The van der Waals surface area contributed by atoms with Crippen molar-refractivity contribution < 1.29 is 4.74 Å². The fourth-order valence-electron chi connectivity index (χ4n) is 4.17. The molecule has 2 aliphatic rings. The van der Waals surface area contributed by atoms with E-state index in [0.29, 0.717) is 12.6 Å². The Morgan fingerprint density at radius 1 is 1.24 bits per heavy atom. The molecule has 6 nitrogen and oxygen atoms in total. The molecule has 1 unspecified atom stereocenters. The lowest BCUT2D eigenvalue weighted by Crippen LogP contribution is -2.49. The summed E-state index contributed by atoms with van der Waals surface area (Å²) >= 11 is 0. The van der Waals surface area contributed by atoms with Gasteiger partial charge in [-0.25, -0.2) is 4.99 Å². The summed E-state index contributed by atoms with van der Waals surface area (Å²) in [6, 6.07) is 7.10. The van der Waals surface area contributed by atoms with Gasteiger partial charge in [-0.1, -0.05) is 6.07 Å². The molecule has 6 heteroatoms. The lowest BCUT2D eigenvalue weighted by molar-refractivity contribution is 0.150. The molecule has 0 amide bonds. The molecule has 1 aromatic carbocycles. The van der Waals surface area contributed by atoms with E-state index in [1.54, 1.807) is 0 Å². The predicted molar refractivity (Wildman–Crippen MR) is 122 cm³/mol. The number of likely N-dealkylation sites (tertiary alicyclic amines) is 1. The molecule has 0 saturated carbocycles. The maximum Gasteiger partial charge on any atom is 0.191 e. The Labute approximate surface area is 176 Å². The summed E-state index contributed by atoms with van der Waals surface area (Å²) in [5.41, 5.74) is 3.80. The van der Waals surface area contributed by atoms with Gasteiger partial charge >= 0.3 is 0 Å². The zero-order chi connectivity index (χ0) is 20.6. The van der Waals surface area contributed by atoms with Gasteiger partial charge in [0.1, 0.15) is 0 Å². The van der Waals surface area contributed by atoms with Crippen molar-refractivity contribution in [1.82, 2.24) is 15.5 Å². The number of aryl methyl sites for hydroxylation is 1. The number of piperidine rings is 1. The Hall–Kier alpha value is -1.79. The van der Waals surface area contributed by atoms with Crippen molar-refractivity contribution in [2.45, 2.75) is 45.7 Å². The minimum atomic E-state index is 0.501. The van der Waals surface area contributed by atoms with Gasteiger partial charge in [0.25, 0.3) is 0 Å². The number of nitrogens with one attached hydrogen (secondary N) is 2. The fourth-order valence-corrected chi connectivity index (χ4v) is 4.17. The van der Waals surface area contributed by atoms with Crippen molar-refractivity contribution in [3.63, 3.8) is 0 Å². The summed E-state index contributed by atoms with van der Waals surface area (Å²) in [6.45, 7) is 11.3. The van der Waals surface area contributed by atoms with Gasteiger partial charge in [0.2, 0.25) is 0 Å². The molecule has 1 atom stereocenters. The molecule has 1 aromatic rings. The lowest BCUT2D eigenvalue weighted by atomic mass is 10.0. The second-order valence-electron chi connectivity index (χ2n) is 8.65. The largest absolute Gasteiger partial charge is 0.381 e. The Kier molecular flexibility index (Phi) is 8.19. The summed E-state index contributed by atoms with van der Waals surface area (Å²) in [6.07, 6.45) is 3.58. The van der Waals surface area contributed by atoms with Crippen LogP contribution >= 0.6 is 0 Å². The van der Waals surface area contributed by atoms with Crippen LogP contribution in [0.25, 0.3) is 0 Å². The molecule has 2 saturated heterocycles. The van der Waals surface area contributed by atoms with E-state index in [0.717, 1.165) is 31.6 Å². The van der Waals surface area contributed by atoms with Gasteiger partial charge in [0.05, 0.1) is 13.2 Å². The highest BCUT2D eigenvalue weighted by Crippen LogP contribution is 2.19. The average molecular weight is 402 g/mol. The van der Waals surface area contributed by atoms with E-state index in [1.165, 1.54) is 55.7 Å². The van der Waals surface area contributed by atoms with E-state index in [9.17, 15) is 0 Å². The molecular weight excluding hydrogens is 362 g/mol. The minimum Gasteiger partial charge on any atom is -0.381 e. The number of ether oxygens (including phenoxy) is 1. The lowest BCUT2D eigenvalue weighted by Gasteiger charge is -2.34. The Morgan fingerprint density at radius 2 is 2.03 bits per heavy atom. The molecule has 0 aliphatic carbocycles. The van der Waals surface area contributed by atoms with Crippen molar-refractivity contribution in [2.24, 2.45) is 10.9 Å². The topological polar surface area (TPSA) is 52.1 Å². The molecule has 0 aromatic heterocycles. The van der Waals surface area contributed by atoms with Crippen molar-refractivity contribution in [2.75, 3.05) is 58.4 Å². The first-order valence-electron chi connectivity index (χ1n) is 11.2. The van der Waals surface area contributed by atoms with Crippen LogP contribution in [0.15, 0.2) is 23.2 Å². The van der Waals surface area contributed by atoms with Crippen molar-refractivity contribution in [1.29, 1.82) is 0 Å². The molecule has 0 radical (unpaired) electrons. The second kappa shape index (κ2) is 10.8. The molecule has 162 valence electrons. The Morgan fingerprint density at radius 3 is 2.66 bits per heavy atom. The van der Waals surface area contributed by atoms with E-state index in [1.807, 2.05) is 0 Å². The molecule has 2 aliphatic heterocycles. The number of guanidine groups is 1. The smallest absolute Gasteiger partial charge is 0.191 e. The standard InChI is InChI=1S/C23H39N5O/c1-5-24-23(25-15-20-6-7-22(27(3)4)14-18(20)2)26-21-8-11-28(12-9-21)16-19-10-13-29-17-19/h6-7,14,19,21H,5,8-13,15-17H2,1-4H3,(H2,24,25,26). The van der Waals surface area contributed by atoms with Gasteiger partial charge in [0.15, 0.2) is 5.96 Å². The van der Waals surface area contributed by atoms with Crippen LogP contribution in [-0.4, -0.2) is 70.4 Å². The highest BCUT2D eigenvalue weighted by Gasteiger charge is 2.24. The van der Waals surface area contributed by atoms with Crippen molar-refractivity contribution >= 4 is 11.6 Å². The maximum absolute atomic E-state index is 5.52. The first-order valence-corrected chi connectivity index (χ1v) is 11.2. The van der Waals surface area contributed by atoms with Gasteiger partial charge in [-0.2, -0.15) is 0 Å². The molecule has 2 heterocycles. The quantitative estimate of drug-likeness (QED) is 0.543. The Bertz CT molecular complexity index is 661. The molecular formula is C23H39N5O. The van der Waals surface area contributed by atoms with E-state index in [2.05, 4.69) is 66.6 Å². The molecule has 29 heavy (non-hydrogen) atoms. The average Bonchev–Trinajstić information content (AvgIpc) is 3.21. The number of aliphatic imine (C=N–C) groups is 1. The highest BCUT2D eigenvalue weighted by atomic mass is 16.5. The van der Waals surface area contributed by atoms with E-state index >= 15 is 0 Å². The first-order chi connectivity index (χ1) is 14.0. The summed E-state index contributed by atoms with van der Waals surface area (Å²) in [7, 11) is 4.15. The van der Waals surface area contributed by atoms with Crippen LogP contribution in [0.4, 0.5) is 5.69 Å². The maximum atomic E-state index is 5.52. The van der Waals surface area contributed by atoms with Gasteiger partial charge in [-0.05, 0) is 62.3 Å². The third kappa shape index (κ3) is 6.61. The Balaban J connectivity index is 1.50. The fraction of sp³-hybridized carbons (Fsp3) is 0.696. The van der Waals surface area contributed by atoms with Crippen LogP contribution in [0.3, 0.4) is 0 Å². The van der Waals surface area contributed by atoms with Crippen LogP contribution in [0, 0.1) is 12.8 Å². The number of nitrogens with zero attached hydrogens (tertiary/aromatic N) is 3. The van der Waals surface area contributed by atoms with Crippen molar-refractivity contribution in [3.05, 3.63) is 29.3 Å². The summed E-state index contributed by atoms with van der Waals surface area (Å²) in [5, 5.41) is 7.09. The SMILES string of the molecule is CCNC(=NCc1ccc(N(C)C)cc1C)NC1CCN(CC2CCOC2)CC1. The molecule has 3 rings (SSSR count). The van der Waals surface area contributed by atoms with Crippen LogP contribution in [0.2, 0.25) is 0 Å². The third-order valence-corrected chi connectivity index (χ3v) is 6.06. The predicted octanol–water partition coefficient (Wildman–Crippen LogP) is 2.62. The normalized spacial score (nSPS) is 21.4. The summed E-state index contributed by atoms with van der Waals surface area (Å²) < 4.78 is 5.52. The third-order valence-electron chi connectivity index (χ3n) is 6.06. The zero-order valence-electron chi connectivity index (χ0n) is 18.7. The molecule has 0 bridgehead atoms. The van der Waals surface area contributed by atoms with Crippen molar-refractivity contribution in [3.8, 4) is 0 Å². The molecule has 0 spiro atoms. The number of rotatable bonds is 7. The number of hydrogen-bond acceptors (Lipinski definition) is 4. The van der Waals surface area contributed by atoms with Crippen LogP contribution < -0.4 is 15.5 Å². The molecule has 2 N–H and O–H groups in total. The van der Waals surface area contributed by atoms with Gasteiger partial charge in [-0.15, -0.1) is 0 Å². The van der Waals surface area contributed by atoms with E-state index < -0.39 is 0 Å². The number of anilines is 1.